The third-order valence-corrected chi connectivity index (χ3v) is 8.70. The van der Waals surface area contributed by atoms with E-state index in [-0.39, 0.29) is 55.0 Å². The molecule has 1 heterocycles. The minimum Gasteiger partial charge on any atom is -0.465 e. The third kappa shape index (κ3) is 7.79. The number of Topliss-reactive ketones (excluding diaryl/α,β-unsaturated/α-hetero) is 1. The Hall–Kier alpha value is -4.59. The van der Waals surface area contributed by atoms with Crippen LogP contribution in [-0.4, -0.2) is 63.9 Å². The summed E-state index contributed by atoms with van der Waals surface area (Å²) >= 11 is 0. The van der Waals surface area contributed by atoms with Crippen molar-refractivity contribution in [3.05, 3.63) is 88.7 Å². The molecule has 0 radical (unpaired) electrons. The van der Waals surface area contributed by atoms with Crippen molar-refractivity contribution in [1.82, 2.24) is 5.32 Å². The fraction of sp³-hybridized carbons (Fsp3) is 0.303. The summed E-state index contributed by atoms with van der Waals surface area (Å²) in [6.45, 7) is 2.39. The van der Waals surface area contributed by atoms with Gasteiger partial charge in [0, 0.05) is 22.6 Å². The van der Waals surface area contributed by atoms with Gasteiger partial charge < -0.3 is 19.0 Å². The quantitative estimate of drug-likeness (QED) is 0.129. The number of nitrogens with zero attached hydrogens (tertiary/aromatic N) is 1. The molecule has 0 bridgehead atoms. The number of carbonyl (C=O) groups excluding carboxylic acids is 2. The first-order chi connectivity index (χ1) is 21.9. The molecule has 5 rings (SSSR count). The maximum Gasteiger partial charge on any atom is 0.411 e. The summed E-state index contributed by atoms with van der Waals surface area (Å²) in [5.74, 6) is -1.39. The summed E-state index contributed by atoms with van der Waals surface area (Å²) in [5.41, 5.74) is 3.02. The molecule has 1 saturated carbocycles. The zero-order chi connectivity index (χ0) is 33.0. The summed E-state index contributed by atoms with van der Waals surface area (Å²) in [4.78, 5) is 35.8. The van der Waals surface area contributed by atoms with Gasteiger partial charge in [-0.05, 0) is 67.1 Å². The van der Waals surface area contributed by atoms with Gasteiger partial charge in [-0.25, -0.2) is 17.6 Å². The van der Waals surface area contributed by atoms with Crippen LogP contribution in [0.1, 0.15) is 57.5 Å². The molecule has 0 saturated heterocycles. The number of carbonyl (C=O) groups is 3. The van der Waals surface area contributed by atoms with Crippen LogP contribution in [0.25, 0.3) is 22.3 Å². The standard InChI is InChI=1S/C33H33FN2O9S/c1-20(37)22-5-3-21(4-6-22)19-44-16-15-43-14-13-36(46(2,41)42)28-18-29-27(17-26(28)23-7-8-23)30(32(38)35-33(39)40)31(45-29)24-9-11-25(34)12-10-24/h3-6,9-12,17-18,23H,7-8,13-16,19H2,1-2H3,(H,35,38)(H,39,40). The van der Waals surface area contributed by atoms with Crippen molar-refractivity contribution >= 4 is 44.5 Å². The number of imide groups is 1. The van der Waals surface area contributed by atoms with Crippen LogP contribution in [0.15, 0.2) is 65.1 Å². The number of nitrogens with one attached hydrogen (secondary N) is 1. The fourth-order valence-electron chi connectivity index (χ4n) is 5.13. The summed E-state index contributed by atoms with van der Waals surface area (Å²) in [6, 6.07) is 15.5. The first kappa shape index (κ1) is 32.8. The molecule has 11 nitrogen and oxygen atoms in total. The molecule has 0 spiro atoms. The topological polar surface area (TPSA) is 152 Å². The first-order valence-electron chi connectivity index (χ1n) is 14.6. The van der Waals surface area contributed by atoms with Gasteiger partial charge in [0.15, 0.2) is 5.78 Å². The van der Waals surface area contributed by atoms with E-state index in [1.807, 2.05) is 17.4 Å². The van der Waals surface area contributed by atoms with E-state index < -0.39 is 27.8 Å². The molecule has 4 aromatic rings. The van der Waals surface area contributed by atoms with Crippen molar-refractivity contribution < 1.29 is 46.2 Å². The second kappa shape index (κ2) is 13.8. The Morgan fingerprint density at radius 2 is 1.67 bits per heavy atom. The first-order valence-corrected chi connectivity index (χ1v) is 16.4. The molecule has 0 atom stereocenters. The number of hydrogen-bond donors (Lipinski definition) is 2. The normalized spacial score (nSPS) is 13.1. The van der Waals surface area contributed by atoms with Gasteiger partial charge in [-0.1, -0.05) is 24.3 Å². The van der Waals surface area contributed by atoms with Crippen LogP contribution in [0.3, 0.4) is 0 Å². The Bertz CT molecular complexity index is 1870. The van der Waals surface area contributed by atoms with Crippen LogP contribution in [0, 0.1) is 5.82 Å². The number of ketones is 1. The highest BCUT2D eigenvalue weighted by atomic mass is 32.2. The summed E-state index contributed by atoms with van der Waals surface area (Å²) < 4.78 is 58.3. The molecular weight excluding hydrogens is 619 g/mol. The highest BCUT2D eigenvalue weighted by Crippen LogP contribution is 2.48. The zero-order valence-corrected chi connectivity index (χ0v) is 26.1. The van der Waals surface area contributed by atoms with Crippen molar-refractivity contribution in [3.63, 3.8) is 0 Å². The lowest BCUT2D eigenvalue weighted by Crippen LogP contribution is -2.34. The molecule has 1 aromatic heterocycles. The molecule has 1 aliphatic rings. The summed E-state index contributed by atoms with van der Waals surface area (Å²) in [6.07, 6.45) is 1.15. The number of hydrogen-bond acceptors (Lipinski definition) is 8. The minimum atomic E-state index is -3.79. The molecule has 3 aromatic carbocycles. The number of amides is 2. The summed E-state index contributed by atoms with van der Waals surface area (Å²) in [7, 11) is -3.79. The Morgan fingerprint density at radius 1 is 1.00 bits per heavy atom. The van der Waals surface area contributed by atoms with Gasteiger partial charge in [-0.2, -0.15) is 0 Å². The minimum absolute atomic E-state index is 0.00550. The van der Waals surface area contributed by atoms with E-state index in [0.717, 1.165) is 24.7 Å². The van der Waals surface area contributed by atoms with Crippen LogP contribution in [0.2, 0.25) is 0 Å². The lowest BCUT2D eigenvalue weighted by Gasteiger charge is -2.25. The monoisotopic (exact) mass is 652 g/mol. The SMILES string of the molecule is CC(=O)c1ccc(COCCOCCN(c2cc3oc(-c4ccc(F)cc4)c(C(=O)NC(=O)O)c3cc2C2CC2)S(C)(=O)=O)cc1. The van der Waals surface area contributed by atoms with Crippen LogP contribution in [0.5, 0.6) is 0 Å². The van der Waals surface area contributed by atoms with Gasteiger partial charge in [-0.15, -0.1) is 0 Å². The van der Waals surface area contributed by atoms with Gasteiger partial charge in [-0.3, -0.25) is 19.2 Å². The third-order valence-electron chi connectivity index (χ3n) is 7.52. The van der Waals surface area contributed by atoms with E-state index in [0.29, 0.717) is 34.4 Å². The van der Waals surface area contributed by atoms with Gasteiger partial charge in [0.05, 0.1) is 50.5 Å². The molecule has 242 valence electrons. The maximum absolute atomic E-state index is 13.7. The van der Waals surface area contributed by atoms with Gasteiger partial charge in [0.1, 0.15) is 17.2 Å². The van der Waals surface area contributed by atoms with E-state index >= 15 is 0 Å². The Morgan fingerprint density at radius 3 is 2.28 bits per heavy atom. The average molecular weight is 653 g/mol. The lowest BCUT2D eigenvalue weighted by atomic mass is 10.0. The molecule has 46 heavy (non-hydrogen) atoms. The number of anilines is 1. The largest absolute Gasteiger partial charge is 0.465 e. The number of carboxylic acid groups (broad SMARTS) is 1. The predicted molar refractivity (Wildman–Crippen MR) is 168 cm³/mol. The number of ether oxygens (including phenoxy) is 2. The number of benzene rings is 3. The second-order valence-corrected chi connectivity index (χ2v) is 12.9. The molecule has 1 fully saturated rings. The van der Waals surface area contributed by atoms with Gasteiger partial charge in [0.25, 0.3) is 5.91 Å². The van der Waals surface area contributed by atoms with Crippen molar-refractivity contribution in [2.75, 3.05) is 36.9 Å². The Kier molecular flexibility index (Phi) is 9.85. The second-order valence-electron chi connectivity index (χ2n) is 11.0. The van der Waals surface area contributed by atoms with E-state index in [9.17, 15) is 32.3 Å². The molecule has 0 unspecified atom stereocenters. The van der Waals surface area contributed by atoms with Crippen molar-refractivity contribution in [2.24, 2.45) is 0 Å². The zero-order valence-electron chi connectivity index (χ0n) is 25.2. The predicted octanol–water partition coefficient (Wildman–Crippen LogP) is 5.73. The van der Waals surface area contributed by atoms with Crippen LogP contribution < -0.4 is 9.62 Å². The highest BCUT2D eigenvalue weighted by Gasteiger charge is 2.33. The number of sulfonamides is 1. The summed E-state index contributed by atoms with van der Waals surface area (Å²) in [5, 5.41) is 11.4. The maximum atomic E-state index is 13.7. The number of furan rings is 1. The van der Waals surface area contributed by atoms with Crippen LogP contribution in [-0.2, 0) is 26.1 Å². The van der Waals surface area contributed by atoms with E-state index in [2.05, 4.69) is 0 Å². The molecule has 1 aliphatic carbocycles. The number of fused-ring (bicyclic) bond motifs is 1. The molecule has 13 heteroatoms. The van der Waals surface area contributed by atoms with Crippen LogP contribution in [0.4, 0.5) is 14.9 Å². The van der Waals surface area contributed by atoms with Crippen LogP contribution >= 0.6 is 0 Å². The van der Waals surface area contributed by atoms with Gasteiger partial charge in [0.2, 0.25) is 10.0 Å². The van der Waals surface area contributed by atoms with Gasteiger partial charge >= 0.3 is 6.09 Å². The Labute approximate surface area is 265 Å². The fourth-order valence-corrected chi connectivity index (χ4v) is 6.06. The van der Waals surface area contributed by atoms with E-state index in [1.165, 1.54) is 41.6 Å². The average Bonchev–Trinajstić information content (AvgIpc) is 3.77. The Balaban J connectivity index is 1.35. The number of rotatable bonds is 14. The molecule has 2 N–H and O–H groups in total. The van der Waals surface area contributed by atoms with Crippen molar-refractivity contribution in [1.29, 1.82) is 0 Å². The molecular formula is C33H33FN2O9S. The lowest BCUT2D eigenvalue weighted by molar-refractivity contribution is 0.0435. The van der Waals surface area contributed by atoms with E-state index in [4.69, 9.17) is 13.9 Å². The molecule has 0 aliphatic heterocycles. The smallest absolute Gasteiger partial charge is 0.411 e. The van der Waals surface area contributed by atoms with Crippen molar-refractivity contribution in [3.8, 4) is 11.3 Å². The molecule has 2 amide bonds. The van der Waals surface area contributed by atoms with E-state index in [1.54, 1.807) is 18.2 Å². The highest BCUT2D eigenvalue weighted by molar-refractivity contribution is 7.92. The number of halogens is 1. The van der Waals surface area contributed by atoms with Crippen molar-refractivity contribution in [2.45, 2.75) is 32.3 Å².